The van der Waals surface area contributed by atoms with Crippen molar-refractivity contribution in [2.75, 3.05) is 11.9 Å². The Hall–Kier alpha value is -2.16. The highest BCUT2D eigenvalue weighted by Crippen LogP contribution is 2.17. The average Bonchev–Trinajstić information content (AvgIpc) is 2.52. The lowest BCUT2D eigenvalue weighted by Crippen LogP contribution is -2.10. The Morgan fingerprint density at radius 3 is 2.62 bits per heavy atom. The predicted octanol–water partition coefficient (Wildman–Crippen LogP) is 4.22. The molecule has 1 heterocycles. The first-order valence-electron chi connectivity index (χ1n) is 7.52. The Morgan fingerprint density at radius 1 is 1.14 bits per heavy atom. The second kappa shape index (κ2) is 7.58. The number of carbonyl (C=O) groups is 1. The number of hydrogen-bond acceptors (Lipinski definition) is 3. The summed E-state index contributed by atoms with van der Waals surface area (Å²) in [5, 5.41) is 3.28. The van der Waals surface area contributed by atoms with Crippen molar-refractivity contribution in [2.45, 2.75) is 33.1 Å². The Bertz CT molecular complexity index is 590. The number of nitrogens with zero attached hydrogens (tertiary/aromatic N) is 1. The molecular formula is C18H22N2O. The van der Waals surface area contributed by atoms with Crippen molar-refractivity contribution in [3.05, 3.63) is 59.3 Å². The van der Waals surface area contributed by atoms with Gasteiger partial charge in [-0.15, -0.1) is 0 Å². The van der Waals surface area contributed by atoms with Gasteiger partial charge in [-0.05, 0) is 25.5 Å². The first kappa shape index (κ1) is 15.2. The Balaban J connectivity index is 2.15. The van der Waals surface area contributed by atoms with Gasteiger partial charge in [0.15, 0.2) is 5.78 Å². The Morgan fingerprint density at radius 2 is 1.90 bits per heavy atom. The topological polar surface area (TPSA) is 42.0 Å². The van der Waals surface area contributed by atoms with E-state index < -0.39 is 0 Å². The third kappa shape index (κ3) is 4.15. The van der Waals surface area contributed by atoms with Crippen LogP contribution in [0.1, 0.15) is 47.7 Å². The largest absolute Gasteiger partial charge is 0.369 e. The maximum absolute atomic E-state index is 12.6. The van der Waals surface area contributed by atoms with Gasteiger partial charge in [0.1, 0.15) is 5.82 Å². The standard InChI is InChI=1S/C18H22N2O/c1-3-4-5-12-19-18-16(7-6-13-20-18)17(21)15-10-8-14(2)9-11-15/h6-11,13H,3-5,12H2,1-2H3,(H,19,20). The van der Waals surface area contributed by atoms with Crippen LogP contribution in [-0.2, 0) is 0 Å². The van der Waals surface area contributed by atoms with Gasteiger partial charge < -0.3 is 5.32 Å². The molecule has 0 saturated carbocycles. The summed E-state index contributed by atoms with van der Waals surface area (Å²) in [6, 6.07) is 11.3. The van der Waals surface area contributed by atoms with Crippen molar-refractivity contribution < 1.29 is 4.79 Å². The summed E-state index contributed by atoms with van der Waals surface area (Å²) in [5.41, 5.74) is 2.48. The summed E-state index contributed by atoms with van der Waals surface area (Å²) >= 11 is 0. The number of pyridine rings is 1. The number of aryl methyl sites for hydroxylation is 1. The molecule has 1 N–H and O–H groups in total. The van der Waals surface area contributed by atoms with E-state index >= 15 is 0 Å². The zero-order chi connectivity index (χ0) is 15.1. The van der Waals surface area contributed by atoms with Crippen LogP contribution in [0.25, 0.3) is 0 Å². The molecule has 2 rings (SSSR count). The van der Waals surface area contributed by atoms with Crippen LogP contribution in [0, 0.1) is 6.92 Å². The lowest BCUT2D eigenvalue weighted by molar-refractivity contribution is 0.103. The van der Waals surface area contributed by atoms with E-state index in [4.69, 9.17) is 0 Å². The summed E-state index contributed by atoms with van der Waals surface area (Å²) in [6.07, 6.45) is 5.17. The number of nitrogens with one attached hydrogen (secondary N) is 1. The molecule has 0 bridgehead atoms. The molecule has 0 saturated heterocycles. The first-order valence-corrected chi connectivity index (χ1v) is 7.52. The van der Waals surface area contributed by atoms with Crippen molar-refractivity contribution in [2.24, 2.45) is 0 Å². The van der Waals surface area contributed by atoms with Gasteiger partial charge in [0.25, 0.3) is 0 Å². The van der Waals surface area contributed by atoms with Crippen LogP contribution >= 0.6 is 0 Å². The van der Waals surface area contributed by atoms with Gasteiger partial charge in [0, 0.05) is 18.3 Å². The van der Waals surface area contributed by atoms with Crippen molar-refractivity contribution in [1.82, 2.24) is 4.98 Å². The summed E-state index contributed by atoms with van der Waals surface area (Å²) in [5.74, 6) is 0.695. The van der Waals surface area contributed by atoms with Crippen molar-refractivity contribution in [3.8, 4) is 0 Å². The van der Waals surface area contributed by atoms with Gasteiger partial charge in [0.2, 0.25) is 0 Å². The van der Waals surface area contributed by atoms with Gasteiger partial charge in [-0.2, -0.15) is 0 Å². The van der Waals surface area contributed by atoms with E-state index in [-0.39, 0.29) is 5.78 Å². The molecule has 1 aromatic carbocycles. The van der Waals surface area contributed by atoms with E-state index in [1.54, 1.807) is 12.3 Å². The maximum Gasteiger partial charge on any atom is 0.196 e. The quantitative estimate of drug-likeness (QED) is 0.610. The number of hydrogen-bond donors (Lipinski definition) is 1. The van der Waals surface area contributed by atoms with Gasteiger partial charge in [-0.1, -0.05) is 49.6 Å². The minimum absolute atomic E-state index is 0.0149. The fraction of sp³-hybridized carbons (Fsp3) is 0.333. The average molecular weight is 282 g/mol. The van der Waals surface area contributed by atoms with Crippen molar-refractivity contribution in [1.29, 1.82) is 0 Å². The van der Waals surface area contributed by atoms with Gasteiger partial charge in [0.05, 0.1) is 5.56 Å². The highest BCUT2D eigenvalue weighted by Gasteiger charge is 2.13. The van der Waals surface area contributed by atoms with E-state index in [0.29, 0.717) is 16.9 Å². The number of unbranched alkanes of at least 4 members (excludes halogenated alkanes) is 2. The molecule has 0 amide bonds. The molecule has 3 nitrogen and oxygen atoms in total. The highest BCUT2D eigenvalue weighted by atomic mass is 16.1. The van der Waals surface area contributed by atoms with Gasteiger partial charge >= 0.3 is 0 Å². The third-order valence-corrected chi connectivity index (χ3v) is 3.44. The number of anilines is 1. The van der Waals surface area contributed by atoms with Crippen LogP contribution in [-0.4, -0.2) is 17.3 Å². The van der Waals surface area contributed by atoms with Gasteiger partial charge in [-0.3, -0.25) is 4.79 Å². The molecule has 0 atom stereocenters. The maximum atomic E-state index is 12.6. The molecule has 0 fully saturated rings. The van der Waals surface area contributed by atoms with Crippen LogP contribution in [0.15, 0.2) is 42.6 Å². The highest BCUT2D eigenvalue weighted by molar-refractivity contribution is 6.11. The van der Waals surface area contributed by atoms with Crippen molar-refractivity contribution in [3.63, 3.8) is 0 Å². The van der Waals surface area contributed by atoms with E-state index in [1.807, 2.05) is 37.3 Å². The van der Waals surface area contributed by atoms with Crippen LogP contribution < -0.4 is 5.32 Å². The van der Waals surface area contributed by atoms with Crippen LogP contribution in [0.5, 0.6) is 0 Å². The minimum Gasteiger partial charge on any atom is -0.369 e. The number of aromatic nitrogens is 1. The lowest BCUT2D eigenvalue weighted by Gasteiger charge is -2.10. The summed E-state index contributed by atoms with van der Waals surface area (Å²) < 4.78 is 0. The molecule has 2 aromatic rings. The van der Waals surface area contributed by atoms with Gasteiger partial charge in [-0.25, -0.2) is 4.98 Å². The fourth-order valence-corrected chi connectivity index (χ4v) is 2.17. The Labute approximate surface area is 126 Å². The molecule has 3 heteroatoms. The molecule has 0 radical (unpaired) electrons. The summed E-state index contributed by atoms with van der Waals surface area (Å²) in [6.45, 7) is 5.03. The molecule has 0 aliphatic carbocycles. The number of rotatable bonds is 7. The number of ketones is 1. The van der Waals surface area contributed by atoms with Crippen LogP contribution in [0.4, 0.5) is 5.82 Å². The minimum atomic E-state index is 0.0149. The van der Waals surface area contributed by atoms with E-state index in [0.717, 1.165) is 18.5 Å². The lowest BCUT2D eigenvalue weighted by atomic mass is 10.0. The fourth-order valence-electron chi connectivity index (χ4n) is 2.17. The molecular weight excluding hydrogens is 260 g/mol. The normalized spacial score (nSPS) is 10.4. The van der Waals surface area contributed by atoms with E-state index in [2.05, 4.69) is 17.2 Å². The second-order valence-corrected chi connectivity index (χ2v) is 5.23. The second-order valence-electron chi connectivity index (χ2n) is 5.23. The van der Waals surface area contributed by atoms with E-state index in [9.17, 15) is 4.79 Å². The third-order valence-electron chi connectivity index (χ3n) is 3.44. The molecule has 0 aliphatic heterocycles. The summed E-state index contributed by atoms with van der Waals surface area (Å²) in [4.78, 5) is 16.9. The molecule has 110 valence electrons. The van der Waals surface area contributed by atoms with Crippen LogP contribution in [0.3, 0.4) is 0 Å². The molecule has 1 aromatic heterocycles. The van der Waals surface area contributed by atoms with Crippen molar-refractivity contribution >= 4 is 11.6 Å². The van der Waals surface area contributed by atoms with Crippen LogP contribution in [0.2, 0.25) is 0 Å². The summed E-state index contributed by atoms with van der Waals surface area (Å²) in [7, 11) is 0. The smallest absolute Gasteiger partial charge is 0.196 e. The Kier molecular flexibility index (Phi) is 5.50. The molecule has 0 unspecified atom stereocenters. The number of benzene rings is 1. The monoisotopic (exact) mass is 282 g/mol. The zero-order valence-corrected chi connectivity index (χ0v) is 12.7. The first-order chi connectivity index (χ1) is 10.2. The number of carbonyl (C=O) groups excluding carboxylic acids is 1. The predicted molar refractivity (Wildman–Crippen MR) is 86.9 cm³/mol. The van der Waals surface area contributed by atoms with E-state index in [1.165, 1.54) is 12.8 Å². The SMILES string of the molecule is CCCCCNc1ncccc1C(=O)c1ccc(C)cc1. The molecule has 0 aliphatic rings. The molecule has 0 spiro atoms. The molecule has 21 heavy (non-hydrogen) atoms. The zero-order valence-electron chi connectivity index (χ0n) is 12.7.